The van der Waals surface area contributed by atoms with E-state index in [1.165, 1.54) is 12.8 Å². The largest absolute Gasteiger partial charge is 0.478 e. The Labute approximate surface area is 124 Å². The summed E-state index contributed by atoms with van der Waals surface area (Å²) in [7, 11) is 0. The van der Waals surface area contributed by atoms with E-state index in [2.05, 4.69) is 18.4 Å². The van der Waals surface area contributed by atoms with Crippen molar-refractivity contribution in [2.45, 2.75) is 57.9 Å². The number of aromatic nitrogens is 2. The molecule has 21 heavy (non-hydrogen) atoms. The molecule has 0 amide bonds. The second-order valence-electron chi connectivity index (χ2n) is 5.94. The number of para-hydroxylation sites is 1. The molecule has 1 unspecified atom stereocenters. The average molecular weight is 286 g/mol. The van der Waals surface area contributed by atoms with E-state index in [1.54, 1.807) is 12.1 Å². The van der Waals surface area contributed by atoms with Crippen molar-refractivity contribution in [3.05, 3.63) is 29.6 Å². The molecule has 0 radical (unpaired) electrons. The van der Waals surface area contributed by atoms with Gasteiger partial charge in [-0.2, -0.15) is 0 Å². The molecule has 1 aromatic carbocycles. The van der Waals surface area contributed by atoms with Crippen LogP contribution in [-0.2, 0) is 0 Å². The second kappa shape index (κ2) is 5.51. The van der Waals surface area contributed by atoms with Crippen LogP contribution in [0.15, 0.2) is 18.2 Å². The van der Waals surface area contributed by atoms with Crippen molar-refractivity contribution in [2.75, 3.05) is 0 Å². The van der Waals surface area contributed by atoms with Gasteiger partial charge in [0.15, 0.2) is 0 Å². The predicted octanol–water partition coefficient (Wildman–Crippen LogP) is 4.36. The van der Waals surface area contributed by atoms with Crippen LogP contribution >= 0.6 is 0 Å². The van der Waals surface area contributed by atoms with Crippen LogP contribution in [0.5, 0.6) is 0 Å². The summed E-state index contributed by atoms with van der Waals surface area (Å²) in [6.45, 7) is 4.35. The Balaban J connectivity index is 2.26. The summed E-state index contributed by atoms with van der Waals surface area (Å²) in [5, 5.41) is 9.51. The minimum atomic E-state index is -0.865. The number of carboxylic acid groups (broad SMARTS) is 1. The van der Waals surface area contributed by atoms with E-state index in [-0.39, 0.29) is 0 Å². The van der Waals surface area contributed by atoms with E-state index in [1.807, 2.05) is 6.07 Å². The third-order valence-electron chi connectivity index (χ3n) is 4.37. The van der Waals surface area contributed by atoms with E-state index in [4.69, 9.17) is 4.98 Å². The van der Waals surface area contributed by atoms with Crippen LogP contribution in [0.25, 0.3) is 11.0 Å². The van der Waals surface area contributed by atoms with Crippen molar-refractivity contribution in [1.29, 1.82) is 0 Å². The topological polar surface area (TPSA) is 55.1 Å². The quantitative estimate of drug-likeness (QED) is 0.858. The lowest BCUT2D eigenvalue weighted by atomic mass is 10.1. The Bertz CT molecular complexity index is 671. The van der Waals surface area contributed by atoms with E-state index in [0.717, 1.165) is 36.1 Å². The number of benzene rings is 1. The van der Waals surface area contributed by atoms with Gasteiger partial charge in [-0.25, -0.2) is 9.78 Å². The van der Waals surface area contributed by atoms with Gasteiger partial charge in [0.25, 0.3) is 0 Å². The fraction of sp³-hybridized carbons (Fsp3) is 0.529. The number of carboxylic acids is 1. The summed E-state index contributed by atoms with van der Waals surface area (Å²) in [6, 6.07) is 5.76. The van der Waals surface area contributed by atoms with Gasteiger partial charge < -0.3 is 9.67 Å². The summed E-state index contributed by atoms with van der Waals surface area (Å²) in [4.78, 5) is 16.4. The molecule has 112 valence electrons. The highest BCUT2D eigenvalue weighted by atomic mass is 16.4. The van der Waals surface area contributed by atoms with Gasteiger partial charge >= 0.3 is 5.97 Å². The minimum absolute atomic E-state index is 0.344. The fourth-order valence-corrected chi connectivity index (χ4v) is 3.19. The number of hydrogen-bond donors (Lipinski definition) is 1. The molecule has 1 atom stereocenters. The number of aromatic carboxylic acids is 1. The standard InChI is InChI=1S/C17H22N2O2/c1-3-6-12(4-2)19-15-13(17(20)21)7-5-8-14(15)18-16(19)11-9-10-11/h5,7-8,11-12H,3-4,6,9-10H2,1-2H3,(H,20,21). The molecule has 1 aliphatic rings. The summed E-state index contributed by atoms with van der Waals surface area (Å²) < 4.78 is 2.24. The number of nitrogens with zero attached hydrogens (tertiary/aromatic N) is 2. The molecule has 1 fully saturated rings. The highest BCUT2D eigenvalue weighted by Crippen LogP contribution is 2.43. The van der Waals surface area contributed by atoms with E-state index in [0.29, 0.717) is 17.5 Å². The third-order valence-corrected chi connectivity index (χ3v) is 4.37. The van der Waals surface area contributed by atoms with Crippen molar-refractivity contribution < 1.29 is 9.90 Å². The normalized spacial score (nSPS) is 16.3. The molecule has 4 heteroatoms. The number of rotatable bonds is 6. The van der Waals surface area contributed by atoms with Crippen molar-refractivity contribution in [3.8, 4) is 0 Å². The van der Waals surface area contributed by atoms with Crippen molar-refractivity contribution >= 4 is 17.0 Å². The van der Waals surface area contributed by atoms with Gasteiger partial charge in [0, 0.05) is 12.0 Å². The molecule has 1 aliphatic carbocycles. The van der Waals surface area contributed by atoms with Crippen LogP contribution in [0.1, 0.15) is 74.1 Å². The zero-order valence-electron chi connectivity index (χ0n) is 12.7. The molecule has 0 aliphatic heterocycles. The van der Waals surface area contributed by atoms with Gasteiger partial charge in [0.1, 0.15) is 5.82 Å². The number of hydrogen-bond acceptors (Lipinski definition) is 2. The van der Waals surface area contributed by atoms with Gasteiger partial charge in [-0.3, -0.25) is 0 Å². The van der Waals surface area contributed by atoms with E-state index >= 15 is 0 Å². The Hall–Kier alpha value is -1.84. The number of carbonyl (C=O) groups is 1. The van der Waals surface area contributed by atoms with Crippen molar-refractivity contribution in [2.24, 2.45) is 0 Å². The van der Waals surface area contributed by atoms with Gasteiger partial charge in [-0.15, -0.1) is 0 Å². The lowest BCUT2D eigenvalue weighted by Crippen LogP contribution is -2.13. The van der Waals surface area contributed by atoms with Gasteiger partial charge in [-0.1, -0.05) is 26.3 Å². The molecule has 1 aromatic heterocycles. The van der Waals surface area contributed by atoms with Crippen LogP contribution in [-0.4, -0.2) is 20.6 Å². The smallest absolute Gasteiger partial charge is 0.337 e. The van der Waals surface area contributed by atoms with Crippen LogP contribution in [0.2, 0.25) is 0 Å². The molecule has 1 N–H and O–H groups in total. The predicted molar refractivity (Wildman–Crippen MR) is 82.9 cm³/mol. The van der Waals surface area contributed by atoms with Crippen LogP contribution in [0.3, 0.4) is 0 Å². The maximum absolute atomic E-state index is 11.6. The number of fused-ring (bicyclic) bond motifs is 1. The first-order valence-electron chi connectivity index (χ1n) is 7.91. The first-order valence-corrected chi connectivity index (χ1v) is 7.91. The van der Waals surface area contributed by atoms with E-state index < -0.39 is 5.97 Å². The zero-order valence-corrected chi connectivity index (χ0v) is 12.7. The SMILES string of the molecule is CCCC(CC)n1c(C2CC2)nc2cccc(C(=O)O)c21. The van der Waals surface area contributed by atoms with E-state index in [9.17, 15) is 9.90 Å². The molecular formula is C17H22N2O2. The van der Waals surface area contributed by atoms with Crippen LogP contribution in [0, 0.1) is 0 Å². The molecule has 3 rings (SSSR count). The summed E-state index contributed by atoms with van der Waals surface area (Å²) in [5.74, 6) is 0.749. The molecule has 0 spiro atoms. The summed E-state index contributed by atoms with van der Waals surface area (Å²) in [6.07, 6.45) is 5.52. The molecule has 2 aromatic rings. The van der Waals surface area contributed by atoms with Gasteiger partial charge in [-0.05, 0) is 37.8 Å². The first kappa shape index (κ1) is 14.1. The lowest BCUT2D eigenvalue weighted by molar-refractivity contribution is 0.0698. The zero-order chi connectivity index (χ0) is 15.0. The summed E-state index contributed by atoms with van der Waals surface area (Å²) in [5.41, 5.74) is 2.01. The highest BCUT2D eigenvalue weighted by molar-refractivity contribution is 6.01. The first-order chi connectivity index (χ1) is 10.2. The molecule has 0 saturated heterocycles. The van der Waals surface area contributed by atoms with Crippen LogP contribution < -0.4 is 0 Å². The fourth-order valence-electron chi connectivity index (χ4n) is 3.19. The Morgan fingerprint density at radius 2 is 2.19 bits per heavy atom. The summed E-state index contributed by atoms with van der Waals surface area (Å²) >= 11 is 0. The van der Waals surface area contributed by atoms with Crippen LogP contribution in [0.4, 0.5) is 0 Å². The molecule has 1 heterocycles. The molecule has 0 bridgehead atoms. The second-order valence-corrected chi connectivity index (χ2v) is 5.94. The maximum atomic E-state index is 11.6. The average Bonchev–Trinajstić information content (AvgIpc) is 3.25. The minimum Gasteiger partial charge on any atom is -0.478 e. The molecular weight excluding hydrogens is 264 g/mol. The maximum Gasteiger partial charge on any atom is 0.337 e. The Kier molecular flexibility index (Phi) is 3.70. The third kappa shape index (κ3) is 2.43. The molecule has 1 saturated carbocycles. The Morgan fingerprint density at radius 3 is 2.76 bits per heavy atom. The van der Waals surface area contributed by atoms with Crippen molar-refractivity contribution in [1.82, 2.24) is 9.55 Å². The highest BCUT2D eigenvalue weighted by Gasteiger charge is 2.32. The van der Waals surface area contributed by atoms with Gasteiger partial charge in [0.05, 0.1) is 16.6 Å². The number of imidazole rings is 1. The van der Waals surface area contributed by atoms with Gasteiger partial charge in [0.2, 0.25) is 0 Å². The Morgan fingerprint density at radius 1 is 1.43 bits per heavy atom. The molecule has 4 nitrogen and oxygen atoms in total. The lowest BCUT2D eigenvalue weighted by Gasteiger charge is -2.20. The van der Waals surface area contributed by atoms with Crippen molar-refractivity contribution in [3.63, 3.8) is 0 Å². The monoisotopic (exact) mass is 286 g/mol.